The summed E-state index contributed by atoms with van der Waals surface area (Å²) in [7, 11) is 1.97. The van der Waals surface area contributed by atoms with Crippen LogP contribution in [0.1, 0.15) is 32.4 Å². The Kier molecular flexibility index (Phi) is 5.38. The summed E-state index contributed by atoms with van der Waals surface area (Å²) < 4.78 is 5.49. The fourth-order valence-corrected chi connectivity index (χ4v) is 1.44. The minimum atomic E-state index is -0.461. The van der Waals surface area contributed by atoms with Crippen molar-refractivity contribution in [3.05, 3.63) is 23.9 Å². The first-order valence-corrected chi connectivity index (χ1v) is 5.97. The summed E-state index contributed by atoms with van der Waals surface area (Å²) in [6.45, 7) is 7.25. The van der Waals surface area contributed by atoms with Crippen molar-refractivity contribution in [1.29, 1.82) is 0 Å². The van der Waals surface area contributed by atoms with Gasteiger partial charge in [0.2, 0.25) is 0 Å². The highest BCUT2D eigenvalue weighted by Gasteiger charge is 2.06. The average Bonchev–Trinajstić information content (AvgIpc) is 2.28. The van der Waals surface area contributed by atoms with E-state index in [0.29, 0.717) is 6.61 Å². The third-order valence-electron chi connectivity index (χ3n) is 2.52. The van der Waals surface area contributed by atoms with Crippen molar-refractivity contribution >= 4 is 5.82 Å². The fraction of sp³-hybridized carbons (Fsp3) is 0.615. The highest BCUT2D eigenvalue weighted by Crippen LogP contribution is 2.16. The Bertz CT molecular complexity index is 340. The van der Waals surface area contributed by atoms with Gasteiger partial charge in [-0.1, -0.05) is 0 Å². The van der Waals surface area contributed by atoms with E-state index in [1.54, 1.807) is 13.1 Å². The van der Waals surface area contributed by atoms with E-state index in [2.05, 4.69) is 4.98 Å². The molecule has 4 nitrogen and oxygen atoms in total. The molecule has 0 aromatic carbocycles. The maximum absolute atomic E-state index is 9.51. The first-order valence-electron chi connectivity index (χ1n) is 5.97. The number of pyridine rings is 1. The Morgan fingerprint density at radius 3 is 2.71 bits per heavy atom. The van der Waals surface area contributed by atoms with Gasteiger partial charge in [-0.25, -0.2) is 4.98 Å². The zero-order valence-electron chi connectivity index (χ0n) is 11.1. The standard InChI is InChI=1S/C13H22N2O2/c1-10(2)17-8-7-15(4)13-9-12(11(3)16)5-6-14-13/h5-6,9-11,16H,7-8H2,1-4H3. The van der Waals surface area contributed by atoms with Gasteiger partial charge in [-0.2, -0.15) is 0 Å². The van der Waals surface area contributed by atoms with Crippen LogP contribution in [0, 0.1) is 0 Å². The molecule has 0 radical (unpaired) electrons. The lowest BCUT2D eigenvalue weighted by Crippen LogP contribution is -2.24. The van der Waals surface area contributed by atoms with Gasteiger partial charge in [0.1, 0.15) is 5.82 Å². The molecular weight excluding hydrogens is 216 g/mol. The highest BCUT2D eigenvalue weighted by molar-refractivity contribution is 5.40. The topological polar surface area (TPSA) is 45.6 Å². The van der Waals surface area contributed by atoms with Crippen molar-refractivity contribution in [2.75, 3.05) is 25.1 Å². The predicted molar refractivity (Wildman–Crippen MR) is 69.2 cm³/mol. The quantitative estimate of drug-likeness (QED) is 0.823. The van der Waals surface area contributed by atoms with E-state index in [1.165, 1.54) is 0 Å². The number of nitrogens with zero attached hydrogens (tertiary/aromatic N) is 2. The molecule has 0 aliphatic carbocycles. The van der Waals surface area contributed by atoms with Crippen molar-refractivity contribution in [2.24, 2.45) is 0 Å². The summed E-state index contributed by atoms with van der Waals surface area (Å²) >= 11 is 0. The molecule has 0 saturated carbocycles. The van der Waals surface area contributed by atoms with Crippen molar-refractivity contribution in [1.82, 2.24) is 4.98 Å². The zero-order chi connectivity index (χ0) is 12.8. The number of aromatic nitrogens is 1. The van der Waals surface area contributed by atoms with Gasteiger partial charge in [0.25, 0.3) is 0 Å². The van der Waals surface area contributed by atoms with E-state index < -0.39 is 6.10 Å². The molecule has 1 heterocycles. The molecule has 1 unspecified atom stereocenters. The Hall–Kier alpha value is -1.13. The first-order chi connectivity index (χ1) is 8.00. The largest absolute Gasteiger partial charge is 0.389 e. The van der Waals surface area contributed by atoms with Crippen LogP contribution in [-0.4, -0.2) is 36.4 Å². The van der Waals surface area contributed by atoms with Gasteiger partial charge in [-0.15, -0.1) is 0 Å². The van der Waals surface area contributed by atoms with E-state index in [0.717, 1.165) is 17.9 Å². The van der Waals surface area contributed by atoms with Gasteiger partial charge in [-0.3, -0.25) is 0 Å². The molecule has 0 spiro atoms. The second-order valence-corrected chi connectivity index (χ2v) is 4.46. The predicted octanol–water partition coefficient (Wildman–Crippen LogP) is 2.00. The Labute approximate surface area is 103 Å². The van der Waals surface area contributed by atoms with Crippen LogP contribution in [0.15, 0.2) is 18.3 Å². The summed E-state index contributed by atoms with van der Waals surface area (Å²) in [6, 6.07) is 3.73. The lowest BCUT2D eigenvalue weighted by molar-refractivity contribution is 0.0845. The SMILES string of the molecule is CC(C)OCCN(C)c1cc(C(C)O)ccn1. The third-order valence-corrected chi connectivity index (χ3v) is 2.52. The van der Waals surface area contributed by atoms with Gasteiger partial charge in [0, 0.05) is 19.8 Å². The van der Waals surface area contributed by atoms with Crippen LogP contribution in [0.25, 0.3) is 0 Å². The second kappa shape index (κ2) is 6.57. The minimum Gasteiger partial charge on any atom is -0.389 e. The molecule has 0 fully saturated rings. The first kappa shape index (κ1) is 13.9. The van der Waals surface area contributed by atoms with E-state index >= 15 is 0 Å². The van der Waals surface area contributed by atoms with Gasteiger partial charge in [0.15, 0.2) is 0 Å². The number of ether oxygens (including phenoxy) is 1. The van der Waals surface area contributed by atoms with Crippen molar-refractivity contribution in [3.8, 4) is 0 Å². The molecule has 1 aromatic heterocycles. The van der Waals surface area contributed by atoms with Crippen molar-refractivity contribution < 1.29 is 9.84 Å². The number of likely N-dealkylation sites (N-methyl/N-ethyl adjacent to an activating group) is 1. The summed E-state index contributed by atoms with van der Waals surface area (Å²) in [6.07, 6.45) is 1.51. The van der Waals surface area contributed by atoms with Crippen LogP contribution in [0.4, 0.5) is 5.82 Å². The average molecular weight is 238 g/mol. The maximum Gasteiger partial charge on any atom is 0.128 e. The number of hydrogen-bond donors (Lipinski definition) is 1. The van der Waals surface area contributed by atoms with E-state index in [-0.39, 0.29) is 6.10 Å². The molecule has 0 aliphatic heterocycles. The molecule has 17 heavy (non-hydrogen) atoms. The van der Waals surface area contributed by atoms with Crippen LogP contribution in [-0.2, 0) is 4.74 Å². The smallest absolute Gasteiger partial charge is 0.128 e. The molecule has 0 aliphatic rings. The van der Waals surface area contributed by atoms with Gasteiger partial charge >= 0.3 is 0 Å². The minimum absolute atomic E-state index is 0.250. The summed E-state index contributed by atoms with van der Waals surface area (Å²) in [5, 5.41) is 9.51. The molecule has 1 rings (SSSR count). The Morgan fingerprint density at radius 2 is 2.12 bits per heavy atom. The molecule has 0 amide bonds. The Morgan fingerprint density at radius 1 is 1.41 bits per heavy atom. The monoisotopic (exact) mass is 238 g/mol. The Balaban J connectivity index is 2.56. The van der Waals surface area contributed by atoms with Gasteiger partial charge in [-0.05, 0) is 38.5 Å². The van der Waals surface area contributed by atoms with E-state index in [1.807, 2.05) is 37.9 Å². The number of aliphatic hydroxyl groups is 1. The molecule has 1 atom stereocenters. The summed E-state index contributed by atoms with van der Waals surface area (Å²) in [5.41, 5.74) is 0.881. The molecule has 1 N–H and O–H groups in total. The maximum atomic E-state index is 9.51. The summed E-state index contributed by atoms with van der Waals surface area (Å²) in [4.78, 5) is 6.30. The molecule has 0 bridgehead atoms. The van der Waals surface area contributed by atoms with Crippen molar-refractivity contribution in [3.63, 3.8) is 0 Å². The van der Waals surface area contributed by atoms with Crippen LogP contribution in [0.3, 0.4) is 0 Å². The van der Waals surface area contributed by atoms with Gasteiger partial charge in [0.05, 0.1) is 18.8 Å². The fourth-order valence-electron chi connectivity index (χ4n) is 1.44. The van der Waals surface area contributed by atoms with E-state index in [4.69, 9.17) is 4.74 Å². The van der Waals surface area contributed by atoms with Crippen molar-refractivity contribution in [2.45, 2.75) is 33.0 Å². The highest BCUT2D eigenvalue weighted by atomic mass is 16.5. The molecule has 96 valence electrons. The van der Waals surface area contributed by atoms with Gasteiger partial charge < -0.3 is 14.7 Å². The molecule has 4 heteroatoms. The molecule has 0 saturated heterocycles. The second-order valence-electron chi connectivity index (χ2n) is 4.46. The lowest BCUT2D eigenvalue weighted by atomic mass is 10.2. The van der Waals surface area contributed by atoms with Crippen LogP contribution < -0.4 is 4.90 Å². The molecular formula is C13H22N2O2. The number of aliphatic hydroxyl groups excluding tert-OH is 1. The third kappa shape index (κ3) is 4.71. The molecule has 1 aromatic rings. The van der Waals surface area contributed by atoms with E-state index in [9.17, 15) is 5.11 Å². The summed E-state index contributed by atoms with van der Waals surface area (Å²) in [5.74, 6) is 0.857. The van der Waals surface area contributed by atoms with Crippen LogP contribution in [0.5, 0.6) is 0 Å². The normalized spacial score (nSPS) is 12.8. The number of hydrogen-bond acceptors (Lipinski definition) is 4. The zero-order valence-corrected chi connectivity index (χ0v) is 11.1. The number of rotatable bonds is 6. The van der Waals surface area contributed by atoms with Crippen LogP contribution in [0.2, 0.25) is 0 Å². The lowest BCUT2D eigenvalue weighted by Gasteiger charge is -2.19. The number of anilines is 1. The van der Waals surface area contributed by atoms with Crippen LogP contribution >= 0.6 is 0 Å².